The molecule has 17 heavy (non-hydrogen) atoms. The summed E-state index contributed by atoms with van der Waals surface area (Å²) in [5.41, 5.74) is 5.64. The summed E-state index contributed by atoms with van der Waals surface area (Å²) in [6, 6.07) is 0.450. The number of thioether (sulfide) groups is 1. The monoisotopic (exact) mass is 272 g/mol. The molecule has 4 nitrogen and oxygen atoms in total. The summed E-state index contributed by atoms with van der Waals surface area (Å²) in [6.45, 7) is 2.20. The zero-order chi connectivity index (χ0) is 12.3. The van der Waals surface area contributed by atoms with Crippen LogP contribution in [0, 0.1) is 0 Å². The number of nitrogen functional groups attached to an aromatic ring is 1. The van der Waals surface area contributed by atoms with Gasteiger partial charge in [-0.2, -0.15) is 11.8 Å². The fourth-order valence-electron chi connectivity index (χ4n) is 2.14. The van der Waals surface area contributed by atoms with Gasteiger partial charge in [0.2, 0.25) is 0 Å². The molecule has 1 aliphatic carbocycles. The molecular weight excluding hydrogens is 256 g/mol. The van der Waals surface area contributed by atoms with Crippen molar-refractivity contribution in [1.82, 2.24) is 9.97 Å². The van der Waals surface area contributed by atoms with Crippen molar-refractivity contribution >= 4 is 35.0 Å². The minimum absolute atomic E-state index is 0.335. The maximum Gasteiger partial charge on any atom is 0.150 e. The Hall–Kier alpha value is -0.680. The van der Waals surface area contributed by atoms with E-state index in [0.717, 1.165) is 11.7 Å². The van der Waals surface area contributed by atoms with E-state index >= 15 is 0 Å². The van der Waals surface area contributed by atoms with E-state index in [2.05, 4.69) is 22.2 Å². The molecule has 6 heteroatoms. The maximum absolute atomic E-state index is 6.05. The van der Waals surface area contributed by atoms with E-state index in [4.69, 9.17) is 17.3 Å². The van der Waals surface area contributed by atoms with Crippen molar-refractivity contribution in [3.8, 4) is 0 Å². The normalized spacial score (nSPS) is 23.9. The van der Waals surface area contributed by atoms with Gasteiger partial charge >= 0.3 is 0 Å². The van der Waals surface area contributed by atoms with Crippen molar-refractivity contribution in [2.45, 2.75) is 37.5 Å². The van der Waals surface area contributed by atoms with Crippen molar-refractivity contribution in [3.63, 3.8) is 0 Å². The second kappa shape index (κ2) is 5.78. The summed E-state index contributed by atoms with van der Waals surface area (Å²) in [7, 11) is 0. The van der Waals surface area contributed by atoms with Crippen LogP contribution in [0.4, 0.5) is 11.6 Å². The lowest BCUT2D eigenvalue weighted by molar-refractivity contribution is 0.751. The van der Waals surface area contributed by atoms with Gasteiger partial charge in [0.1, 0.15) is 17.2 Å². The van der Waals surface area contributed by atoms with E-state index in [1.54, 1.807) is 0 Å². The molecule has 0 saturated heterocycles. The number of nitrogens with two attached hydrogens (primary N) is 1. The third kappa shape index (κ3) is 3.16. The van der Waals surface area contributed by atoms with Gasteiger partial charge in [0.15, 0.2) is 5.82 Å². The van der Waals surface area contributed by atoms with E-state index in [0.29, 0.717) is 22.7 Å². The molecule has 0 aromatic carbocycles. The second-order valence-corrected chi connectivity index (χ2v) is 6.11. The molecule has 1 aromatic rings. The summed E-state index contributed by atoms with van der Waals surface area (Å²) >= 11 is 8.08. The summed E-state index contributed by atoms with van der Waals surface area (Å²) in [5.74, 6) is 2.17. The summed E-state index contributed by atoms with van der Waals surface area (Å²) < 4.78 is 0. The number of halogens is 1. The van der Waals surface area contributed by atoms with Gasteiger partial charge in [0.05, 0.1) is 0 Å². The summed E-state index contributed by atoms with van der Waals surface area (Å²) in [5, 5.41) is 4.55. The van der Waals surface area contributed by atoms with E-state index in [-0.39, 0.29) is 0 Å². The smallest absolute Gasteiger partial charge is 0.150 e. The highest BCUT2D eigenvalue weighted by atomic mass is 35.5. The van der Waals surface area contributed by atoms with Crippen LogP contribution < -0.4 is 11.1 Å². The topological polar surface area (TPSA) is 63.8 Å². The average Bonchev–Trinajstić information content (AvgIpc) is 2.73. The van der Waals surface area contributed by atoms with Crippen molar-refractivity contribution in [3.05, 3.63) is 11.3 Å². The lowest BCUT2D eigenvalue weighted by atomic mass is 10.2. The molecule has 0 spiro atoms. The van der Waals surface area contributed by atoms with Gasteiger partial charge in [-0.3, -0.25) is 0 Å². The van der Waals surface area contributed by atoms with Crippen LogP contribution in [0.3, 0.4) is 0 Å². The van der Waals surface area contributed by atoms with Gasteiger partial charge in [-0.05, 0) is 25.0 Å². The average molecular weight is 273 g/mol. The Labute approximate surface area is 111 Å². The van der Waals surface area contributed by atoms with Gasteiger partial charge in [-0.1, -0.05) is 18.5 Å². The summed E-state index contributed by atoms with van der Waals surface area (Å²) in [4.78, 5) is 7.98. The Bertz CT molecular complexity index is 388. The molecular formula is C11H17ClN4S. The fourth-order valence-corrected chi connectivity index (χ4v) is 3.43. The first-order valence-corrected chi connectivity index (χ1v) is 7.27. The molecule has 2 atom stereocenters. The number of nitrogens with zero attached hydrogens (tertiary/aromatic N) is 2. The number of anilines is 2. The molecule has 1 aliphatic rings. The van der Waals surface area contributed by atoms with Crippen molar-refractivity contribution < 1.29 is 0 Å². The molecule has 2 unspecified atom stereocenters. The maximum atomic E-state index is 6.05. The van der Waals surface area contributed by atoms with Crippen molar-refractivity contribution in [1.29, 1.82) is 0 Å². The molecule has 0 aliphatic heterocycles. The number of hydrogen-bond acceptors (Lipinski definition) is 5. The highest BCUT2D eigenvalue weighted by molar-refractivity contribution is 7.99. The van der Waals surface area contributed by atoms with Crippen molar-refractivity contribution in [2.75, 3.05) is 16.8 Å². The van der Waals surface area contributed by atoms with Crippen LogP contribution >= 0.6 is 23.4 Å². The van der Waals surface area contributed by atoms with Gasteiger partial charge in [0.25, 0.3) is 0 Å². The number of hydrogen-bond donors (Lipinski definition) is 2. The van der Waals surface area contributed by atoms with E-state index in [9.17, 15) is 0 Å². The molecule has 1 fully saturated rings. The predicted octanol–water partition coefficient (Wildman–Crippen LogP) is 2.80. The SMILES string of the molecule is CCSC1CCC(Nc2ncnc(N)c2Cl)C1. The Morgan fingerprint density at radius 1 is 1.53 bits per heavy atom. The van der Waals surface area contributed by atoms with Gasteiger partial charge < -0.3 is 11.1 Å². The molecule has 94 valence electrons. The number of rotatable bonds is 4. The lowest BCUT2D eigenvalue weighted by Gasteiger charge is -2.14. The van der Waals surface area contributed by atoms with Crippen LogP contribution in [0.1, 0.15) is 26.2 Å². The van der Waals surface area contributed by atoms with Crippen LogP contribution in [0.5, 0.6) is 0 Å². The minimum atomic E-state index is 0.335. The fraction of sp³-hybridized carbons (Fsp3) is 0.636. The van der Waals surface area contributed by atoms with Crippen LogP contribution in [0.25, 0.3) is 0 Å². The molecule has 1 saturated carbocycles. The highest BCUT2D eigenvalue weighted by Crippen LogP contribution is 2.33. The Morgan fingerprint density at radius 3 is 3.12 bits per heavy atom. The van der Waals surface area contributed by atoms with Crippen LogP contribution in [-0.4, -0.2) is 27.0 Å². The van der Waals surface area contributed by atoms with E-state index < -0.39 is 0 Å². The van der Waals surface area contributed by atoms with E-state index in [1.165, 1.54) is 24.9 Å². The predicted molar refractivity (Wildman–Crippen MR) is 74.6 cm³/mol. The Balaban J connectivity index is 1.96. The first-order valence-electron chi connectivity index (χ1n) is 5.84. The van der Waals surface area contributed by atoms with Gasteiger partial charge in [-0.25, -0.2) is 9.97 Å². The third-order valence-electron chi connectivity index (χ3n) is 2.94. The third-order valence-corrected chi connectivity index (χ3v) is 4.55. The molecule has 0 amide bonds. The van der Waals surface area contributed by atoms with Crippen LogP contribution in [0.2, 0.25) is 5.02 Å². The van der Waals surface area contributed by atoms with Crippen molar-refractivity contribution in [2.24, 2.45) is 0 Å². The van der Waals surface area contributed by atoms with Gasteiger partial charge in [-0.15, -0.1) is 0 Å². The standard InChI is InChI=1S/C11H17ClN4S/c1-2-17-8-4-3-7(5-8)16-11-9(12)10(13)14-6-15-11/h6-8H,2-5H2,1H3,(H3,13,14,15,16). The highest BCUT2D eigenvalue weighted by Gasteiger charge is 2.25. The lowest BCUT2D eigenvalue weighted by Crippen LogP contribution is -2.17. The number of aromatic nitrogens is 2. The quantitative estimate of drug-likeness (QED) is 0.882. The number of nitrogens with one attached hydrogen (secondary N) is 1. The molecule has 0 bridgehead atoms. The molecule has 2 rings (SSSR count). The van der Waals surface area contributed by atoms with Gasteiger partial charge in [0, 0.05) is 11.3 Å². The second-order valence-electron chi connectivity index (χ2n) is 4.15. The van der Waals surface area contributed by atoms with E-state index in [1.807, 2.05) is 11.8 Å². The van der Waals surface area contributed by atoms with Crippen LogP contribution in [0.15, 0.2) is 6.33 Å². The van der Waals surface area contributed by atoms with Crippen LogP contribution in [-0.2, 0) is 0 Å². The molecule has 0 radical (unpaired) electrons. The zero-order valence-corrected chi connectivity index (χ0v) is 11.4. The zero-order valence-electron chi connectivity index (χ0n) is 9.82. The largest absolute Gasteiger partial charge is 0.382 e. The Morgan fingerprint density at radius 2 is 2.35 bits per heavy atom. The summed E-state index contributed by atoms with van der Waals surface area (Å²) in [6.07, 6.45) is 5.03. The first-order chi connectivity index (χ1) is 8.20. The Kier molecular flexibility index (Phi) is 4.34. The molecule has 1 aromatic heterocycles. The minimum Gasteiger partial charge on any atom is -0.382 e. The molecule has 1 heterocycles. The first kappa shape index (κ1) is 12.8. The molecule has 3 N–H and O–H groups in total.